The second kappa shape index (κ2) is 10.1. The Morgan fingerprint density at radius 1 is 0.867 bits per heavy atom. The summed E-state index contributed by atoms with van der Waals surface area (Å²) in [6.07, 6.45) is 0. The molecule has 5 nitrogen and oxygen atoms in total. The summed E-state index contributed by atoms with van der Waals surface area (Å²) in [4.78, 5) is 24.9. The van der Waals surface area contributed by atoms with Crippen LogP contribution in [0.15, 0.2) is 83.3 Å². The normalized spacial score (nSPS) is 11.3. The van der Waals surface area contributed by atoms with Crippen molar-refractivity contribution in [3.05, 3.63) is 100 Å². The molecule has 2 amide bonds. The summed E-state index contributed by atoms with van der Waals surface area (Å²) in [5.74, 6) is -0.509. The Morgan fingerprint density at radius 2 is 1.57 bits per heavy atom. The molecule has 3 rings (SSSR count). The monoisotopic (exact) mass is 481 g/mol. The van der Waals surface area contributed by atoms with Crippen LogP contribution in [0.25, 0.3) is 0 Å². The topological polar surface area (TPSA) is 70.2 Å². The van der Waals surface area contributed by atoms with E-state index in [1.807, 2.05) is 37.3 Å². The lowest BCUT2D eigenvalue weighted by atomic mass is 10.1. The van der Waals surface area contributed by atoms with Gasteiger partial charge in [0.1, 0.15) is 0 Å². The molecule has 0 aliphatic heterocycles. The quantitative estimate of drug-likeness (QED) is 0.445. The van der Waals surface area contributed by atoms with Gasteiger partial charge in [0.15, 0.2) is 5.11 Å². The summed E-state index contributed by atoms with van der Waals surface area (Å²) in [6, 6.07) is 23.5. The Labute approximate surface area is 189 Å². The number of carbonyl (C=O) groups is 2. The first-order valence-corrected chi connectivity index (χ1v) is 10.5. The van der Waals surface area contributed by atoms with Gasteiger partial charge in [-0.05, 0) is 67.2 Å². The molecule has 7 heteroatoms. The number of amides is 2. The van der Waals surface area contributed by atoms with Gasteiger partial charge in [0.25, 0.3) is 11.8 Å². The van der Waals surface area contributed by atoms with Crippen molar-refractivity contribution in [2.24, 2.45) is 0 Å². The van der Waals surface area contributed by atoms with Crippen molar-refractivity contribution in [1.82, 2.24) is 10.6 Å². The Bertz CT molecular complexity index is 1060. The molecule has 3 N–H and O–H groups in total. The van der Waals surface area contributed by atoms with Crippen LogP contribution in [-0.2, 0) is 0 Å². The molecular formula is C23H20BrN3O2S. The third-order valence-corrected chi connectivity index (χ3v) is 5.10. The second-order valence-electron chi connectivity index (χ2n) is 6.60. The molecule has 0 aliphatic carbocycles. The van der Waals surface area contributed by atoms with E-state index in [-0.39, 0.29) is 23.0 Å². The zero-order valence-electron chi connectivity index (χ0n) is 16.2. The number of anilines is 1. The van der Waals surface area contributed by atoms with Gasteiger partial charge in [-0.2, -0.15) is 0 Å². The molecule has 0 bridgehead atoms. The highest BCUT2D eigenvalue weighted by Crippen LogP contribution is 2.15. The van der Waals surface area contributed by atoms with E-state index >= 15 is 0 Å². The summed E-state index contributed by atoms with van der Waals surface area (Å²) < 4.78 is 0.886. The summed E-state index contributed by atoms with van der Waals surface area (Å²) in [5, 5.41) is 8.71. The number of thiocarbonyl (C=S) groups is 1. The smallest absolute Gasteiger partial charge is 0.257 e. The minimum atomic E-state index is -0.314. The molecule has 0 saturated carbocycles. The fourth-order valence-electron chi connectivity index (χ4n) is 2.78. The van der Waals surface area contributed by atoms with E-state index in [4.69, 9.17) is 12.2 Å². The van der Waals surface area contributed by atoms with Gasteiger partial charge in [0.05, 0.1) is 6.04 Å². The van der Waals surface area contributed by atoms with Crippen molar-refractivity contribution in [3.63, 3.8) is 0 Å². The maximum absolute atomic E-state index is 12.6. The average Bonchev–Trinajstić information content (AvgIpc) is 2.74. The molecule has 0 radical (unpaired) electrons. The zero-order chi connectivity index (χ0) is 21.5. The van der Waals surface area contributed by atoms with E-state index in [0.29, 0.717) is 16.8 Å². The molecule has 0 spiro atoms. The summed E-state index contributed by atoms with van der Waals surface area (Å²) in [6.45, 7) is 1.93. The van der Waals surface area contributed by atoms with Crippen molar-refractivity contribution in [1.29, 1.82) is 0 Å². The number of benzene rings is 3. The van der Waals surface area contributed by atoms with E-state index in [1.165, 1.54) is 0 Å². The summed E-state index contributed by atoms with van der Waals surface area (Å²) >= 11 is 8.56. The molecule has 0 aromatic heterocycles. The van der Waals surface area contributed by atoms with E-state index in [9.17, 15) is 9.59 Å². The van der Waals surface area contributed by atoms with Crippen molar-refractivity contribution in [2.75, 3.05) is 5.32 Å². The minimum Gasteiger partial charge on any atom is -0.346 e. The van der Waals surface area contributed by atoms with Gasteiger partial charge in [-0.15, -0.1) is 0 Å². The molecule has 152 valence electrons. The molecule has 1 unspecified atom stereocenters. The Balaban J connectivity index is 1.60. The maximum atomic E-state index is 12.6. The van der Waals surface area contributed by atoms with Crippen LogP contribution in [0.1, 0.15) is 39.2 Å². The van der Waals surface area contributed by atoms with Crippen molar-refractivity contribution < 1.29 is 9.59 Å². The predicted molar refractivity (Wildman–Crippen MR) is 127 cm³/mol. The predicted octanol–water partition coefficient (Wildman–Crippen LogP) is 5.07. The fraction of sp³-hybridized carbons (Fsp3) is 0.0870. The molecular weight excluding hydrogens is 462 g/mol. The lowest BCUT2D eigenvalue weighted by Crippen LogP contribution is -2.34. The van der Waals surface area contributed by atoms with Gasteiger partial charge in [-0.1, -0.05) is 52.3 Å². The SMILES string of the molecule is CC(NC(=O)c1cccc(NC(=S)NC(=O)c2ccc(Br)cc2)c1)c1ccccc1. The van der Waals surface area contributed by atoms with E-state index in [2.05, 4.69) is 31.9 Å². The zero-order valence-corrected chi connectivity index (χ0v) is 18.6. The third-order valence-electron chi connectivity index (χ3n) is 4.36. The van der Waals surface area contributed by atoms with Crippen LogP contribution in [-0.4, -0.2) is 16.9 Å². The van der Waals surface area contributed by atoms with Gasteiger partial charge >= 0.3 is 0 Å². The minimum absolute atomic E-state index is 0.124. The molecule has 0 aliphatic rings. The van der Waals surface area contributed by atoms with Crippen molar-refractivity contribution >= 4 is 50.8 Å². The molecule has 30 heavy (non-hydrogen) atoms. The second-order valence-corrected chi connectivity index (χ2v) is 7.93. The average molecular weight is 482 g/mol. The Kier molecular flexibility index (Phi) is 7.32. The van der Waals surface area contributed by atoms with Crippen LogP contribution in [0.2, 0.25) is 0 Å². The largest absolute Gasteiger partial charge is 0.346 e. The van der Waals surface area contributed by atoms with Crippen LogP contribution in [0.4, 0.5) is 5.69 Å². The maximum Gasteiger partial charge on any atom is 0.257 e. The molecule has 0 heterocycles. The van der Waals surface area contributed by atoms with Crippen molar-refractivity contribution in [3.8, 4) is 0 Å². The van der Waals surface area contributed by atoms with Crippen LogP contribution < -0.4 is 16.0 Å². The lowest BCUT2D eigenvalue weighted by molar-refractivity contribution is 0.0938. The van der Waals surface area contributed by atoms with Crippen LogP contribution in [0, 0.1) is 0 Å². The lowest BCUT2D eigenvalue weighted by Gasteiger charge is -2.15. The van der Waals surface area contributed by atoms with Crippen LogP contribution >= 0.6 is 28.1 Å². The molecule has 0 fully saturated rings. The number of rotatable bonds is 5. The van der Waals surface area contributed by atoms with Gasteiger partial charge in [-0.3, -0.25) is 14.9 Å². The van der Waals surface area contributed by atoms with Crippen LogP contribution in [0.3, 0.4) is 0 Å². The first kappa shape index (κ1) is 21.7. The van der Waals surface area contributed by atoms with E-state index in [0.717, 1.165) is 10.0 Å². The Morgan fingerprint density at radius 3 is 2.27 bits per heavy atom. The number of hydrogen-bond donors (Lipinski definition) is 3. The van der Waals surface area contributed by atoms with Gasteiger partial charge in [0.2, 0.25) is 0 Å². The molecule has 0 saturated heterocycles. The number of carbonyl (C=O) groups excluding carboxylic acids is 2. The van der Waals surface area contributed by atoms with Crippen LogP contribution in [0.5, 0.6) is 0 Å². The van der Waals surface area contributed by atoms with Gasteiger partial charge in [-0.25, -0.2) is 0 Å². The fourth-order valence-corrected chi connectivity index (χ4v) is 3.26. The van der Waals surface area contributed by atoms with Gasteiger partial charge < -0.3 is 10.6 Å². The Hall–Kier alpha value is -3.03. The number of hydrogen-bond acceptors (Lipinski definition) is 3. The van der Waals surface area contributed by atoms with Gasteiger partial charge in [0, 0.05) is 21.3 Å². The molecule has 3 aromatic rings. The van der Waals surface area contributed by atoms with Crippen molar-refractivity contribution in [2.45, 2.75) is 13.0 Å². The molecule has 1 atom stereocenters. The summed E-state index contributed by atoms with van der Waals surface area (Å²) in [7, 11) is 0. The highest BCUT2D eigenvalue weighted by atomic mass is 79.9. The highest BCUT2D eigenvalue weighted by Gasteiger charge is 2.13. The first-order valence-electron chi connectivity index (χ1n) is 9.26. The number of halogens is 1. The first-order chi connectivity index (χ1) is 14.4. The summed E-state index contributed by atoms with van der Waals surface area (Å²) in [5.41, 5.74) is 2.61. The molecule has 3 aromatic carbocycles. The third kappa shape index (κ3) is 5.98. The van der Waals surface area contributed by atoms with E-state index in [1.54, 1.807) is 48.5 Å². The standard InChI is InChI=1S/C23H20BrN3O2S/c1-15(16-6-3-2-4-7-16)25-22(29)18-8-5-9-20(14-18)26-23(30)27-21(28)17-10-12-19(24)13-11-17/h2-15H,1H3,(H,25,29)(H2,26,27,28,30). The number of nitrogens with one attached hydrogen (secondary N) is 3. The highest BCUT2D eigenvalue weighted by molar-refractivity contribution is 9.10. The van der Waals surface area contributed by atoms with E-state index < -0.39 is 0 Å².